The van der Waals surface area contributed by atoms with Crippen molar-refractivity contribution < 1.29 is 19.1 Å². The maximum atomic E-state index is 11.7. The minimum absolute atomic E-state index is 0.249. The number of hydrazine groups is 1. The molecular weight excluding hydrogens is 298 g/mol. The van der Waals surface area contributed by atoms with Crippen molar-refractivity contribution in [2.75, 3.05) is 19.7 Å². The van der Waals surface area contributed by atoms with Crippen LogP contribution in [0.15, 0.2) is 18.2 Å². The smallest absolute Gasteiger partial charge is 0.327 e. The highest BCUT2D eigenvalue weighted by Gasteiger charge is 2.24. The average molecular weight is 319 g/mol. The van der Waals surface area contributed by atoms with E-state index < -0.39 is 17.7 Å². The first kappa shape index (κ1) is 16.8. The predicted molar refractivity (Wildman–Crippen MR) is 83.5 cm³/mol. The molecule has 0 aliphatic carbocycles. The zero-order chi connectivity index (χ0) is 16.8. The summed E-state index contributed by atoms with van der Waals surface area (Å²) in [6, 6.07) is 5.63. The molecule has 1 aliphatic heterocycles. The van der Waals surface area contributed by atoms with Gasteiger partial charge in [-0.2, -0.15) is 0 Å². The lowest BCUT2D eigenvalue weighted by molar-refractivity contribution is -0.146. The van der Waals surface area contributed by atoms with Crippen LogP contribution in [0.5, 0.6) is 5.75 Å². The Balaban J connectivity index is 1.74. The number of likely N-dealkylation sites (tertiary alicyclic amines) is 1. The Morgan fingerprint density at radius 1 is 1.04 bits per heavy atom. The summed E-state index contributed by atoms with van der Waals surface area (Å²) in [7, 11) is 0. The molecule has 0 radical (unpaired) electrons. The van der Waals surface area contributed by atoms with Crippen molar-refractivity contribution in [3.05, 3.63) is 29.3 Å². The first-order valence-electron chi connectivity index (χ1n) is 7.55. The third-order valence-electron chi connectivity index (χ3n) is 3.47. The van der Waals surface area contributed by atoms with Crippen LogP contribution in [0.1, 0.15) is 24.0 Å². The van der Waals surface area contributed by atoms with Gasteiger partial charge in [-0.05, 0) is 49.9 Å². The highest BCUT2D eigenvalue weighted by molar-refractivity contribution is 6.35. The van der Waals surface area contributed by atoms with Gasteiger partial charge in [0.2, 0.25) is 0 Å². The number of carbonyl (C=O) groups excluding carboxylic acids is 3. The van der Waals surface area contributed by atoms with Crippen molar-refractivity contribution in [2.24, 2.45) is 0 Å². The van der Waals surface area contributed by atoms with E-state index in [9.17, 15) is 14.4 Å². The van der Waals surface area contributed by atoms with Gasteiger partial charge in [0.05, 0.1) is 0 Å². The largest absolute Gasteiger partial charge is 0.484 e. The molecule has 7 nitrogen and oxygen atoms in total. The number of hydrogen-bond donors (Lipinski definition) is 2. The number of rotatable bonds is 3. The lowest BCUT2D eigenvalue weighted by atomic mass is 10.1. The van der Waals surface area contributed by atoms with E-state index in [1.165, 1.54) is 4.90 Å². The molecule has 0 aromatic heterocycles. The van der Waals surface area contributed by atoms with Gasteiger partial charge in [-0.25, -0.2) is 0 Å². The summed E-state index contributed by atoms with van der Waals surface area (Å²) in [5.41, 5.74) is 6.35. The normalized spacial score (nSPS) is 13.6. The predicted octanol–water partition coefficient (Wildman–Crippen LogP) is 0.452. The van der Waals surface area contributed by atoms with Gasteiger partial charge in [0.15, 0.2) is 6.61 Å². The van der Waals surface area contributed by atoms with Crippen molar-refractivity contribution in [3.63, 3.8) is 0 Å². The van der Waals surface area contributed by atoms with Crippen molar-refractivity contribution >= 4 is 17.7 Å². The average Bonchev–Trinajstić information content (AvgIpc) is 3.03. The quantitative estimate of drug-likeness (QED) is 0.625. The molecule has 1 aromatic rings. The third kappa shape index (κ3) is 4.98. The molecule has 0 saturated carbocycles. The summed E-state index contributed by atoms with van der Waals surface area (Å²) >= 11 is 0. The molecule has 2 N–H and O–H groups in total. The van der Waals surface area contributed by atoms with E-state index in [4.69, 9.17) is 4.74 Å². The summed E-state index contributed by atoms with van der Waals surface area (Å²) in [5.74, 6) is -1.42. The molecule has 0 spiro atoms. The SMILES string of the molecule is Cc1cc(C)cc(OCC(=O)NNC(=O)C(=O)N2CCCC2)c1. The van der Waals surface area contributed by atoms with Gasteiger partial charge < -0.3 is 9.64 Å². The summed E-state index contributed by atoms with van der Waals surface area (Å²) in [4.78, 5) is 36.5. The van der Waals surface area contributed by atoms with Gasteiger partial charge in [0, 0.05) is 13.1 Å². The number of aryl methyl sites for hydroxylation is 2. The fraction of sp³-hybridized carbons (Fsp3) is 0.438. The summed E-state index contributed by atoms with van der Waals surface area (Å²) in [5, 5.41) is 0. The van der Waals surface area contributed by atoms with Crippen LogP contribution < -0.4 is 15.6 Å². The van der Waals surface area contributed by atoms with Gasteiger partial charge in [-0.1, -0.05) is 6.07 Å². The standard InChI is InChI=1S/C16H21N3O4/c1-11-7-12(2)9-13(8-11)23-10-14(20)17-18-15(21)16(22)19-5-3-4-6-19/h7-9H,3-6,10H2,1-2H3,(H,17,20)(H,18,21). The van der Waals surface area contributed by atoms with Gasteiger partial charge in [-0.3, -0.25) is 25.2 Å². The van der Waals surface area contributed by atoms with Crippen molar-refractivity contribution in [1.82, 2.24) is 15.8 Å². The fourth-order valence-electron chi connectivity index (χ4n) is 2.44. The van der Waals surface area contributed by atoms with Crippen LogP contribution in [0.3, 0.4) is 0 Å². The Labute approximate surface area is 135 Å². The number of nitrogens with zero attached hydrogens (tertiary/aromatic N) is 1. The maximum Gasteiger partial charge on any atom is 0.327 e. The second-order valence-electron chi connectivity index (χ2n) is 5.61. The molecule has 1 heterocycles. The van der Waals surface area contributed by atoms with Crippen LogP contribution in [0.25, 0.3) is 0 Å². The van der Waals surface area contributed by atoms with Gasteiger partial charge >= 0.3 is 11.8 Å². The molecule has 3 amide bonds. The van der Waals surface area contributed by atoms with Crippen LogP contribution in [0.2, 0.25) is 0 Å². The van der Waals surface area contributed by atoms with Gasteiger partial charge in [-0.15, -0.1) is 0 Å². The van der Waals surface area contributed by atoms with Crippen LogP contribution in [0, 0.1) is 13.8 Å². The van der Waals surface area contributed by atoms with Crippen LogP contribution in [-0.4, -0.2) is 42.3 Å². The first-order valence-corrected chi connectivity index (χ1v) is 7.55. The highest BCUT2D eigenvalue weighted by Crippen LogP contribution is 2.15. The van der Waals surface area contributed by atoms with Crippen molar-refractivity contribution in [2.45, 2.75) is 26.7 Å². The van der Waals surface area contributed by atoms with E-state index in [1.807, 2.05) is 32.0 Å². The van der Waals surface area contributed by atoms with E-state index in [2.05, 4.69) is 10.9 Å². The minimum Gasteiger partial charge on any atom is -0.484 e. The topological polar surface area (TPSA) is 87.7 Å². The molecule has 1 aliphatic rings. The van der Waals surface area contributed by atoms with E-state index in [-0.39, 0.29) is 6.61 Å². The van der Waals surface area contributed by atoms with E-state index in [0.29, 0.717) is 18.8 Å². The summed E-state index contributed by atoms with van der Waals surface area (Å²) < 4.78 is 5.36. The fourth-order valence-corrected chi connectivity index (χ4v) is 2.44. The zero-order valence-corrected chi connectivity index (χ0v) is 13.3. The van der Waals surface area contributed by atoms with Crippen LogP contribution in [-0.2, 0) is 14.4 Å². The molecule has 0 bridgehead atoms. The monoisotopic (exact) mass is 319 g/mol. The van der Waals surface area contributed by atoms with Crippen LogP contribution >= 0.6 is 0 Å². The molecular formula is C16H21N3O4. The molecule has 23 heavy (non-hydrogen) atoms. The molecule has 124 valence electrons. The summed E-state index contributed by atoms with van der Waals surface area (Å²) in [6.45, 7) is 4.78. The zero-order valence-electron chi connectivity index (χ0n) is 13.3. The molecule has 2 rings (SSSR count). The van der Waals surface area contributed by atoms with E-state index in [0.717, 1.165) is 24.0 Å². The second-order valence-corrected chi connectivity index (χ2v) is 5.61. The number of hydrogen-bond acceptors (Lipinski definition) is 4. The van der Waals surface area contributed by atoms with Gasteiger partial charge in [0.1, 0.15) is 5.75 Å². The Kier molecular flexibility index (Phi) is 5.56. The number of benzene rings is 1. The lowest BCUT2D eigenvalue weighted by Crippen LogP contribution is -2.50. The number of carbonyl (C=O) groups is 3. The Bertz CT molecular complexity index is 589. The molecule has 1 fully saturated rings. The number of nitrogens with one attached hydrogen (secondary N) is 2. The van der Waals surface area contributed by atoms with Crippen molar-refractivity contribution in [1.29, 1.82) is 0 Å². The second kappa shape index (κ2) is 7.62. The van der Waals surface area contributed by atoms with Gasteiger partial charge in [0.25, 0.3) is 5.91 Å². The Hall–Kier alpha value is -2.57. The highest BCUT2D eigenvalue weighted by atomic mass is 16.5. The minimum atomic E-state index is -0.841. The summed E-state index contributed by atoms with van der Waals surface area (Å²) in [6.07, 6.45) is 1.80. The molecule has 0 unspecified atom stereocenters. The molecule has 0 atom stereocenters. The third-order valence-corrected chi connectivity index (χ3v) is 3.47. The maximum absolute atomic E-state index is 11.7. The molecule has 7 heteroatoms. The lowest BCUT2D eigenvalue weighted by Gasteiger charge is -2.15. The van der Waals surface area contributed by atoms with E-state index in [1.54, 1.807) is 0 Å². The van der Waals surface area contributed by atoms with Crippen LogP contribution in [0.4, 0.5) is 0 Å². The van der Waals surface area contributed by atoms with E-state index >= 15 is 0 Å². The Morgan fingerprint density at radius 2 is 1.65 bits per heavy atom. The molecule has 1 saturated heterocycles. The van der Waals surface area contributed by atoms with Crippen molar-refractivity contribution in [3.8, 4) is 5.75 Å². The Morgan fingerprint density at radius 3 is 2.26 bits per heavy atom. The number of ether oxygens (including phenoxy) is 1. The first-order chi connectivity index (χ1) is 11.0. The molecule has 1 aromatic carbocycles. The number of amides is 3.